The zero-order chi connectivity index (χ0) is 14.4. The molecule has 0 saturated carbocycles. The van der Waals surface area contributed by atoms with Gasteiger partial charge in [-0.15, -0.1) is 0 Å². The van der Waals surface area contributed by atoms with Crippen LogP contribution in [0.2, 0.25) is 10.4 Å². The molecule has 1 amide bonds. The predicted molar refractivity (Wildman–Crippen MR) is 80.1 cm³/mol. The van der Waals surface area contributed by atoms with E-state index < -0.39 is 0 Å². The Morgan fingerprint density at radius 1 is 1.15 bits per heavy atom. The van der Waals surface area contributed by atoms with Gasteiger partial charge in [0.15, 0.2) is 0 Å². The smallest absolute Gasteiger partial charge is 0.225 e. The summed E-state index contributed by atoms with van der Waals surface area (Å²) in [4.78, 5) is 19.4. The van der Waals surface area contributed by atoms with E-state index in [4.69, 9.17) is 23.2 Å². The SMILES string of the molecule is O=C(CCCc1ccccc1)Nc1cc(Cl)nc(Cl)n1. The topological polar surface area (TPSA) is 54.9 Å². The molecule has 0 atom stereocenters. The molecule has 0 fully saturated rings. The molecular formula is C14H13Cl2N3O. The fourth-order valence-electron chi connectivity index (χ4n) is 1.76. The molecule has 1 N–H and O–H groups in total. The van der Waals surface area contributed by atoms with Crippen LogP contribution in [0.4, 0.5) is 5.82 Å². The van der Waals surface area contributed by atoms with E-state index in [1.807, 2.05) is 30.3 Å². The number of carbonyl (C=O) groups is 1. The Hall–Kier alpha value is -1.65. The standard InChI is InChI=1S/C14H13Cl2N3O/c15-11-9-12(19-14(16)17-11)18-13(20)8-4-7-10-5-2-1-3-6-10/h1-3,5-6,9H,4,7-8H2,(H,17,18,19,20). The average molecular weight is 310 g/mol. The minimum absolute atomic E-state index is 0.0112. The van der Waals surface area contributed by atoms with E-state index in [1.54, 1.807) is 0 Å². The maximum Gasteiger partial charge on any atom is 0.225 e. The summed E-state index contributed by atoms with van der Waals surface area (Å²) in [5.41, 5.74) is 1.22. The quantitative estimate of drug-likeness (QED) is 0.676. The third-order valence-corrected chi connectivity index (χ3v) is 3.01. The van der Waals surface area contributed by atoms with E-state index in [9.17, 15) is 4.79 Å². The highest BCUT2D eigenvalue weighted by Gasteiger charge is 2.06. The first-order chi connectivity index (χ1) is 9.63. The van der Waals surface area contributed by atoms with Crippen molar-refractivity contribution >= 4 is 34.9 Å². The van der Waals surface area contributed by atoms with E-state index in [0.29, 0.717) is 12.2 Å². The molecule has 0 bridgehead atoms. The van der Waals surface area contributed by atoms with Crippen LogP contribution in [0, 0.1) is 0 Å². The van der Waals surface area contributed by atoms with Crippen molar-refractivity contribution < 1.29 is 4.79 Å². The molecule has 20 heavy (non-hydrogen) atoms. The minimum Gasteiger partial charge on any atom is -0.311 e. The van der Waals surface area contributed by atoms with Crippen molar-refractivity contribution in [3.8, 4) is 0 Å². The van der Waals surface area contributed by atoms with Crippen LogP contribution in [-0.4, -0.2) is 15.9 Å². The van der Waals surface area contributed by atoms with Gasteiger partial charge in [0.2, 0.25) is 11.2 Å². The van der Waals surface area contributed by atoms with Gasteiger partial charge in [0.05, 0.1) is 0 Å². The van der Waals surface area contributed by atoms with Crippen LogP contribution in [0.25, 0.3) is 0 Å². The molecule has 0 aliphatic carbocycles. The average Bonchev–Trinajstić information content (AvgIpc) is 2.38. The summed E-state index contributed by atoms with van der Waals surface area (Å²) in [7, 11) is 0. The highest BCUT2D eigenvalue weighted by molar-refractivity contribution is 6.32. The monoisotopic (exact) mass is 309 g/mol. The van der Waals surface area contributed by atoms with Gasteiger partial charge in [-0.05, 0) is 30.0 Å². The Morgan fingerprint density at radius 2 is 1.90 bits per heavy atom. The molecule has 0 aliphatic heterocycles. The summed E-state index contributed by atoms with van der Waals surface area (Å²) >= 11 is 11.4. The van der Waals surface area contributed by atoms with Crippen LogP contribution >= 0.6 is 23.2 Å². The van der Waals surface area contributed by atoms with Gasteiger partial charge < -0.3 is 5.32 Å². The first-order valence-electron chi connectivity index (χ1n) is 6.17. The van der Waals surface area contributed by atoms with Crippen molar-refractivity contribution in [1.82, 2.24) is 9.97 Å². The van der Waals surface area contributed by atoms with E-state index in [0.717, 1.165) is 12.8 Å². The van der Waals surface area contributed by atoms with Gasteiger partial charge in [-0.3, -0.25) is 4.79 Å². The summed E-state index contributed by atoms with van der Waals surface area (Å²) in [6.07, 6.45) is 2.04. The van der Waals surface area contributed by atoms with E-state index in [-0.39, 0.29) is 16.3 Å². The van der Waals surface area contributed by atoms with Crippen molar-refractivity contribution in [1.29, 1.82) is 0 Å². The van der Waals surface area contributed by atoms with Crippen LogP contribution in [0.3, 0.4) is 0 Å². The normalized spacial score (nSPS) is 10.3. The Kier molecular flexibility index (Phi) is 5.32. The summed E-state index contributed by atoms with van der Waals surface area (Å²) in [6, 6.07) is 11.5. The third kappa shape index (κ3) is 4.79. The second-order valence-electron chi connectivity index (χ2n) is 4.23. The minimum atomic E-state index is -0.119. The molecule has 1 heterocycles. The van der Waals surface area contributed by atoms with Crippen LogP contribution in [0.1, 0.15) is 18.4 Å². The van der Waals surface area contributed by atoms with Crippen molar-refractivity contribution in [3.63, 3.8) is 0 Å². The predicted octanol–water partition coefficient (Wildman–Crippen LogP) is 3.74. The number of nitrogens with one attached hydrogen (secondary N) is 1. The number of rotatable bonds is 5. The van der Waals surface area contributed by atoms with Gasteiger partial charge in [-0.25, -0.2) is 9.97 Å². The summed E-state index contributed by atoms with van der Waals surface area (Å²) in [5, 5.41) is 2.86. The number of amides is 1. The molecule has 0 spiro atoms. The molecule has 2 rings (SSSR count). The lowest BCUT2D eigenvalue weighted by Gasteiger charge is -2.05. The molecular weight excluding hydrogens is 297 g/mol. The molecule has 0 unspecified atom stereocenters. The summed E-state index contributed by atoms with van der Waals surface area (Å²) in [5.74, 6) is 0.200. The lowest BCUT2D eigenvalue weighted by Crippen LogP contribution is -2.13. The maximum absolute atomic E-state index is 11.8. The van der Waals surface area contributed by atoms with E-state index >= 15 is 0 Å². The lowest BCUT2D eigenvalue weighted by molar-refractivity contribution is -0.116. The number of nitrogens with zero attached hydrogens (tertiary/aromatic N) is 2. The molecule has 4 nitrogen and oxygen atoms in total. The van der Waals surface area contributed by atoms with Crippen molar-refractivity contribution in [2.24, 2.45) is 0 Å². The van der Waals surface area contributed by atoms with Crippen LogP contribution in [0.15, 0.2) is 36.4 Å². The molecule has 1 aromatic heterocycles. The number of anilines is 1. The highest BCUT2D eigenvalue weighted by atomic mass is 35.5. The molecule has 0 saturated heterocycles. The first-order valence-corrected chi connectivity index (χ1v) is 6.93. The zero-order valence-electron chi connectivity index (χ0n) is 10.6. The zero-order valence-corrected chi connectivity index (χ0v) is 12.2. The van der Waals surface area contributed by atoms with Gasteiger partial charge in [-0.1, -0.05) is 41.9 Å². The summed E-state index contributed by atoms with van der Waals surface area (Å²) in [6.45, 7) is 0. The number of aryl methyl sites for hydroxylation is 1. The number of hydrogen-bond acceptors (Lipinski definition) is 3. The van der Waals surface area contributed by atoms with Gasteiger partial charge in [0.25, 0.3) is 0 Å². The molecule has 0 aliphatic rings. The number of halogens is 2. The van der Waals surface area contributed by atoms with E-state index in [1.165, 1.54) is 11.6 Å². The second-order valence-corrected chi connectivity index (χ2v) is 4.96. The lowest BCUT2D eigenvalue weighted by atomic mass is 10.1. The Morgan fingerprint density at radius 3 is 2.60 bits per heavy atom. The highest BCUT2D eigenvalue weighted by Crippen LogP contribution is 2.14. The Bertz CT molecular complexity index is 570. The van der Waals surface area contributed by atoms with Crippen molar-refractivity contribution in [3.05, 3.63) is 52.4 Å². The number of hydrogen-bond donors (Lipinski definition) is 1. The van der Waals surface area contributed by atoms with Crippen LogP contribution in [-0.2, 0) is 11.2 Å². The summed E-state index contributed by atoms with van der Waals surface area (Å²) < 4.78 is 0. The maximum atomic E-state index is 11.8. The fraction of sp³-hybridized carbons (Fsp3) is 0.214. The van der Waals surface area contributed by atoms with Crippen molar-refractivity contribution in [2.75, 3.05) is 5.32 Å². The van der Waals surface area contributed by atoms with Gasteiger partial charge in [0, 0.05) is 12.5 Å². The molecule has 104 valence electrons. The van der Waals surface area contributed by atoms with Gasteiger partial charge in [-0.2, -0.15) is 0 Å². The van der Waals surface area contributed by atoms with Crippen LogP contribution < -0.4 is 5.32 Å². The number of aromatic nitrogens is 2. The van der Waals surface area contributed by atoms with Crippen LogP contribution in [0.5, 0.6) is 0 Å². The fourth-order valence-corrected chi connectivity index (χ4v) is 2.17. The Balaban J connectivity index is 1.81. The third-order valence-electron chi connectivity index (χ3n) is 2.65. The number of carbonyl (C=O) groups excluding carboxylic acids is 1. The number of benzene rings is 1. The Labute approximate surface area is 127 Å². The van der Waals surface area contributed by atoms with Gasteiger partial charge >= 0.3 is 0 Å². The molecule has 1 aromatic carbocycles. The van der Waals surface area contributed by atoms with E-state index in [2.05, 4.69) is 15.3 Å². The molecule has 0 radical (unpaired) electrons. The van der Waals surface area contributed by atoms with Crippen molar-refractivity contribution in [2.45, 2.75) is 19.3 Å². The largest absolute Gasteiger partial charge is 0.311 e. The first kappa shape index (κ1) is 14.8. The second kappa shape index (κ2) is 7.22. The molecule has 6 heteroatoms. The van der Waals surface area contributed by atoms with Gasteiger partial charge in [0.1, 0.15) is 11.0 Å². The molecule has 2 aromatic rings.